The summed E-state index contributed by atoms with van der Waals surface area (Å²) >= 11 is 27.9. The highest BCUT2D eigenvalue weighted by atomic mass is 35.5. The van der Waals surface area contributed by atoms with Crippen molar-refractivity contribution in [2.24, 2.45) is 5.73 Å². The van der Waals surface area contributed by atoms with Gasteiger partial charge in [-0.3, -0.25) is 0 Å². The lowest BCUT2D eigenvalue weighted by molar-refractivity contribution is -0.0309. The van der Waals surface area contributed by atoms with E-state index in [0.717, 1.165) is 0 Å². The van der Waals surface area contributed by atoms with Gasteiger partial charge < -0.3 is 21.1 Å². The van der Waals surface area contributed by atoms with Crippen molar-refractivity contribution >= 4 is 58.0 Å². The van der Waals surface area contributed by atoms with Crippen LogP contribution in [0.1, 0.15) is 0 Å². The molecule has 1 aromatic rings. The molecule has 0 saturated heterocycles. The first kappa shape index (κ1) is 17.4. The smallest absolute Gasteiger partial charge is 0.163 e. The van der Waals surface area contributed by atoms with Crippen LogP contribution in [-0.4, -0.2) is 28.2 Å². The van der Waals surface area contributed by atoms with Crippen molar-refractivity contribution in [3.8, 4) is 5.75 Å². The minimum absolute atomic E-state index is 0.00904. The van der Waals surface area contributed by atoms with Crippen molar-refractivity contribution in [3.63, 3.8) is 0 Å². The highest BCUT2D eigenvalue weighted by Gasteiger charge is 2.18. The van der Waals surface area contributed by atoms with Crippen LogP contribution < -0.4 is 5.73 Å². The Balaban J connectivity index is 0.000000437. The lowest BCUT2D eigenvalue weighted by atomic mass is 10.3. The summed E-state index contributed by atoms with van der Waals surface area (Å²) in [7, 11) is 0. The predicted molar refractivity (Wildman–Crippen MR) is 70.4 cm³/mol. The molecule has 0 heterocycles. The first-order valence-corrected chi connectivity index (χ1v) is 5.89. The van der Waals surface area contributed by atoms with Crippen LogP contribution in [0.15, 0.2) is 0 Å². The molecule has 0 fully saturated rings. The van der Waals surface area contributed by atoms with Gasteiger partial charge in [0.1, 0.15) is 10.0 Å². The van der Waals surface area contributed by atoms with Crippen molar-refractivity contribution in [1.82, 2.24) is 0 Å². The molecular weight excluding hydrogens is 335 g/mol. The van der Waals surface area contributed by atoms with E-state index in [9.17, 15) is 5.11 Å². The Morgan fingerprint density at radius 1 is 0.824 bits per heavy atom. The van der Waals surface area contributed by atoms with Gasteiger partial charge >= 0.3 is 0 Å². The number of aliphatic hydroxyl groups excluding tert-OH is 1. The molecule has 0 aliphatic rings. The van der Waals surface area contributed by atoms with Crippen LogP contribution in [0.2, 0.25) is 25.1 Å². The molecular formula is C8H8Cl5NO3. The van der Waals surface area contributed by atoms with Crippen LogP contribution in [-0.2, 0) is 0 Å². The fraction of sp³-hybridized carbons (Fsp3) is 0.250. The molecule has 98 valence electrons. The second-order valence-electron chi connectivity index (χ2n) is 2.63. The van der Waals surface area contributed by atoms with Crippen molar-refractivity contribution in [3.05, 3.63) is 25.1 Å². The van der Waals surface area contributed by atoms with E-state index in [2.05, 4.69) is 5.73 Å². The number of halogens is 5. The molecule has 0 spiro atoms. The van der Waals surface area contributed by atoms with Gasteiger partial charge in [0.15, 0.2) is 12.0 Å². The van der Waals surface area contributed by atoms with Crippen LogP contribution in [0.4, 0.5) is 0 Å². The first-order chi connectivity index (χ1) is 7.73. The zero-order valence-corrected chi connectivity index (χ0v) is 11.9. The average molecular weight is 343 g/mol. The number of hydrogen-bond acceptors (Lipinski definition) is 4. The minimum atomic E-state index is -1.34. The molecule has 0 aromatic heterocycles. The first-order valence-electron chi connectivity index (χ1n) is 4.00. The topological polar surface area (TPSA) is 86.7 Å². The van der Waals surface area contributed by atoms with Crippen molar-refractivity contribution in [2.45, 2.75) is 6.29 Å². The lowest BCUT2D eigenvalue weighted by Gasteiger charge is -2.06. The van der Waals surface area contributed by atoms with Crippen molar-refractivity contribution < 1.29 is 15.3 Å². The summed E-state index contributed by atoms with van der Waals surface area (Å²) in [5, 5.41) is 24.6. The maximum atomic E-state index is 9.20. The average Bonchev–Trinajstić information content (AvgIpc) is 2.32. The second-order valence-corrected chi connectivity index (χ2v) is 4.52. The number of phenolic OH excluding ortho intramolecular Hbond substituents is 1. The normalized spacial score (nSPS) is 10.2. The Kier molecular flexibility index (Phi) is 7.87. The van der Waals surface area contributed by atoms with Gasteiger partial charge in [-0.15, -0.1) is 0 Å². The summed E-state index contributed by atoms with van der Waals surface area (Å²) in [6.07, 6.45) is -1.34. The second kappa shape index (κ2) is 7.71. The molecule has 0 amide bonds. The highest BCUT2D eigenvalue weighted by Crippen LogP contribution is 2.47. The summed E-state index contributed by atoms with van der Waals surface area (Å²) in [4.78, 5) is 0. The van der Waals surface area contributed by atoms with E-state index in [1.54, 1.807) is 0 Å². The molecule has 0 aliphatic heterocycles. The summed E-state index contributed by atoms with van der Waals surface area (Å²) in [5.41, 5.74) is 4.67. The Morgan fingerprint density at radius 2 is 1.06 bits per heavy atom. The molecule has 17 heavy (non-hydrogen) atoms. The fourth-order valence-corrected chi connectivity index (χ4v) is 1.72. The molecule has 1 aromatic carbocycles. The van der Waals surface area contributed by atoms with Gasteiger partial charge in [-0.1, -0.05) is 58.0 Å². The van der Waals surface area contributed by atoms with Gasteiger partial charge in [0.05, 0.1) is 15.1 Å². The molecule has 9 heteroatoms. The monoisotopic (exact) mass is 341 g/mol. The molecule has 0 bridgehead atoms. The maximum absolute atomic E-state index is 9.20. The Labute approximate surface area is 122 Å². The highest BCUT2D eigenvalue weighted by molar-refractivity contribution is 6.55. The largest absolute Gasteiger partial charge is 0.505 e. The third-order valence-electron chi connectivity index (χ3n) is 1.40. The Hall–Kier alpha value is 0.350. The summed E-state index contributed by atoms with van der Waals surface area (Å²) in [5.74, 6) is -0.363. The third kappa shape index (κ3) is 4.85. The zero-order chi connectivity index (χ0) is 13.7. The van der Waals surface area contributed by atoms with Crippen molar-refractivity contribution in [1.29, 1.82) is 0 Å². The van der Waals surface area contributed by atoms with E-state index in [4.69, 9.17) is 68.2 Å². The molecule has 0 saturated carbocycles. The quantitative estimate of drug-likeness (QED) is 0.359. The van der Waals surface area contributed by atoms with Gasteiger partial charge in [-0.05, 0) is 0 Å². The fourth-order valence-electron chi connectivity index (χ4n) is 0.593. The van der Waals surface area contributed by atoms with Gasteiger partial charge in [0.25, 0.3) is 0 Å². The van der Waals surface area contributed by atoms with Crippen molar-refractivity contribution in [2.75, 3.05) is 6.54 Å². The van der Waals surface area contributed by atoms with E-state index < -0.39 is 6.29 Å². The number of phenols is 1. The summed E-state index contributed by atoms with van der Waals surface area (Å²) in [6, 6.07) is 0. The maximum Gasteiger partial charge on any atom is 0.163 e. The Morgan fingerprint density at radius 3 is 1.29 bits per heavy atom. The van der Waals surface area contributed by atoms with Gasteiger partial charge in [0.2, 0.25) is 0 Å². The number of aliphatic hydroxyl groups is 2. The molecule has 0 atom stereocenters. The number of nitrogens with two attached hydrogens (primary N) is 1. The van der Waals surface area contributed by atoms with E-state index in [0.29, 0.717) is 0 Å². The van der Waals surface area contributed by atoms with Crippen LogP contribution >= 0.6 is 58.0 Å². The summed E-state index contributed by atoms with van der Waals surface area (Å²) in [6.45, 7) is -0.0833. The predicted octanol–water partition coefficient (Wildman–Crippen LogP) is 2.92. The van der Waals surface area contributed by atoms with E-state index in [1.165, 1.54) is 0 Å². The third-order valence-corrected chi connectivity index (χ3v) is 3.65. The number of hydrogen-bond donors (Lipinski definition) is 4. The van der Waals surface area contributed by atoms with Crippen LogP contribution in [0.3, 0.4) is 0 Å². The van der Waals surface area contributed by atoms with Crippen LogP contribution in [0, 0.1) is 0 Å². The lowest BCUT2D eigenvalue weighted by Crippen LogP contribution is -2.17. The molecule has 0 radical (unpaired) electrons. The Bertz CT molecular complexity index is 294. The van der Waals surface area contributed by atoms with Gasteiger partial charge in [-0.2, -0.15) is 0 Å². The van der Waals surface area contributed by atoms with Crippen LogP contribution in [0.25, 0.3) is 0 Å². The zero-order valence-electron chi connectivity index (χ0n) is 8.09. The standard InChI is InChI=1S/C6HCl5O.C2H7NO2/c7-1-2(8)4(10)6(12)5(11)3(1)9;3-1-2(4)5/h12H;2,4-5H,1,3H2. The molecule has 0 unspecified atom stereocenters. The number of aromatic hydroxyl groups is 1. The molecule has 1 rings (SSSR count). The van der Waals surface area contributed by atoms with Crippen LogP contribution in [0.5, 0.6) is 5.75 Å². The van der Waals surface area contributed by atoms with E-state index in [1.807, 2.05) is 0 Å². The van der Waals surface area contributed by atoms with Gasteiger partial charge in [0, 0.05) is 6.54 Å². The van der Waals surface area contributed by atoms with E-state index >= 15 is 0 Å². The van der Waals surface area contributed by atoms with E-state index in [-0.39, 0.29) is 37.4 Å². The molecule has 0 aliphatic carbocycles. The SMILES string of the molecule is NCC(O)O.Oc1c(Cl)c(Cl)c(Cl)c(Cl)c1Cl. The number of benzene rings is 1. The van der Waals surface area contributed by atoms with Gasteiger partial charge in [-0.25, -0.2) is 0 Å². The minimum Gasteiger partial charge on any atom is -0.505 e. The molecule has 4 nitrogen and oxygen atoms in total. The number of rotatable bonds is 1. The molecule has 5 N–H and O–H groups in total. The summed E-state index contributed by atoms with van der Waals surface area (Å²) < 4.78 is 0.